The fourth-order valence-electron chi connectivity index (χ4n) is 4.19. The summed E-state index contributed by atoms with van der Waals surface area (Å²) in [6.45, 7) is 8.00. The predicted molar refractivity (Wildman–Crippen MR) is 132 cm³/mol. The Morgan fingerprint density at radius 2 is 1.75 bits per heavy atom. The molecule has 6 heteroatoms. The lowest BCUT2D eigenvalue weighted by Gasteiger charge is -2.29. The lowest BCUT2D eigenvalue weighted by atomic mass is 9.98. The molecule has 1 aliphatic rings. The van der Waals surface area contributed by atoms with Gasteiger partial charge in [-0.25, -0.2) is 9.50 Å². The number of benzene rings is 2. The average molecular weight is 423 g/mol. The molecular weight excluding hydrogens is 396 g/mol. The summed E-state index contributed by atoms with van der Waals surface area (Å²) in [6, 6.07) is 16.5. The number of rotatable bonds is 5. The average Bonchev–Trinajstić information content (AvgIpc) is 3.27. The summed E-state index contributed by atoms with van der Waals surface area (Å²) >= 11 is 0. The minimum atomic E-state index is 0.709. The lowest BCUT2D eigenvalue weighted by molar-refractivity contribution is 0.589. The van der Waals surface area contributed by atoms with Gasteiger partial charge in [0.2, 0.25) is 0 Å². The predicted octanol–water partition coefficient (Wildman–Crippen LogP) is 4.01. The number of nitrogen functional groups attached to an aromatic ring is 1. The fourth-order valence-corrected chi connectivity index (χ4v) is 4.19. The molecule has 0 amide bonds. The van der Waals surface area contributed by atoms with E-state index in [4.69, 9.17) is 10.7 Å². The lowest BCUT2D eigenvalue weighted by Crippen LogP contribution is -2.43. The van der Waals surface area contributed by atoms with Crippen molar-refractivity contribution in [2.24, 2.45) is 0 Å². The van der Waals surface area contributed by atoms with E-state index in [-0.39, 0.29) is 0 Å². The molecule has 0 bridgehead atoms. The number of allylic oxidation sites excluding steroid dienone is 2. The Hall–Kier alpha value is -3.90. The van der Waals surface area contributed by atoms with E-state index in [1.807, 2.05) is 53.4 Å². The van der Waals surface area contributed by atoms with Crippen LogP contribution in [-0.4, -0.2) is 40.8 Å². The van der Waals surface area contributed by atoms with E-state index in [9.17, 15) is 0 Å². The monoisotopic (exact) mass is 422 g/mol. The van der Waals surface area contributed by atoms with E-state index in [2.05, 4.69) is 46.2 Å². The Morgan fingerprint density at radius 1 is 0.969 bits per heavy atom. The van der Waals surface area contributed by atoms with Crippen molar-refractivity contribution >= 4 is 22.6 Å². The van der Waals surface area contributed by atoms with E-state index in [0.29, 0.717) is 5.69 Å². The quantitative estimate of drug-likeness (QED) is 0.376. The molecular formula is C26H26N6. The maximum atomic E-state index is 6.24. The van der Waals surface area contributed by atoms with Crippen LogP contribution in [0.1, 0.15) is 11.1 Å². The number of hydrogen-bond acceptors (Lipinski definition) is 5. The topological polar surface area (TPSA) is 71.5 Å². The molecule has 0 saturated carbocycles. The highest BCUT2D eigenvalue weighted by Crippen LogP contribution is 2.31. The molecule has 5 rings (SSSR count). The van der Waals surface area contributed by atoms with E-state index in [0.717, 1.165) is 59.7 Å². The van der Waals surface area contributed by atoms with Crippen molar-refractivity contribution in [2.75, 3.05) is 36.8 Å². The molecule has 4 aromatic rings. The minimum Gasteiger partial charge on any atom is -0.398 e. The third-order valence-corrected chi connectivity index (χ3v) is 5.86. The molecule has 3 N–H and O–H groups in total. The van der Waals surface area contributed by atoms with Gasteiger partial charge in [-0.1, -0.05) is 49.1 Å². The largest absolute Gasteiger partial charge is 0.398 e. The maximum Gasteiger partial charge on any atom is 0.162 e. The molecule has 2 aromatic carbocycles. The first kappa shape index (κ1) is 20.0. The van der Waals surface area contributed by atoms with Gasteiger partial charge in [0.25, 0.3) is 0 Å². The molecule has 160 valence electrons. The second-order valence-electron chi connectivity index (χ2n) is 7.86. The second-order valence-corrected chi connectivity index (χ2v) is 7.86. The number of hydrogen-bond donors (Lipinski definition) is 2. The van der Waals surface area contributed by atoms with Crippen LogP contribution >= 0.6 is 0 Å². The molecule has 0 radical (unpaired) electrons. The first-order valence-corrected chi connectivity index (χ1v) is 10.8. The highest BCUT2D eigenvalue weighted by Gasteiger charge is 2.15. The van der Waals surface area contributed by atoms with Crippen LogP contribution < -0.4 is 16.0 Å². The normalized spacial score (nSPS) is 14.6. The zero-order valence-corrected chi connectivity index (χ0v) is 17.9. The molecule has 6 nitrogen and oxygen atoms in total. The van der Waals surface area contributed by atoms with Crippen molar-refractivity contribution in [2.45, 2.75) is 0 Å². The summed E-state index contributed by atoms with van der Waals surface area (Å²) in [5.74, 6) is 0. The molecule has 32 heavy (non-hydrogen) atoms. The van der Waals surface area contributed by atoms with Crippen LogP contribution in [0.2, 0.25) is 0 Å². The summed E-state index contributed by atoms with van der Waals surface area (Å²) in [7, 11) is 0. The van der Waals surface area contributed by atoms with Crippen LogP contribution in [0.4, 0.5) is 11.4 Å². The van der Waals surface area contributed by atoms with Crippen LogP contribution in [0.25, 0.3) is 22.3 Å². The summed E-state index contributed by atoms with van der Waals surface area (Å²) < 4.78 is 1.82. The first-order valence-electron chi connectivity index (χ1n) is 10.8. The van der Waals surface area contributed by atoms with Gasteiger partial charge < -0.3 is 16.0 Å². The summed E-state index contributed by atoms with van der Waals surface area (Å²) in [5.41, 5.74) is 13.9. The van der Waals surface area contributed by atoms with Crippen molar-refractivity contribution in [3.8, 4) is 11.1 Å². The number of para-hydroxylation sites is 1. The Balaban J connectivity index is 1.48. The molecule has 1 saturated heterocycles. The van der Waals surface area contributed by atoms with Crippen LogP contribution in [-0.2, 0) is 0 Å². The van der Waals surface area contributed by atoms with Gasteiger partial charge in [0.05, 0.1) is 6.20 Å². The second kappa shape index (κ2) is 8.69. The highest BCUT2D eigenvalue weighted by molar-refractivity contribution is 5.90. The molecule has 1 aliphatic heterocycles. The van der Waals surface area contributed by atoms with Crippen LogP contribution in [0, 0.1) is 0 Å². The van der Waals surface area contributed by atoms with Crippen molar-refractivity contribution in [1.29, 1.82) is 0 Å². The van der Waals surface area contributed by atoms with E-state index < -0.39 is 0 Å². The van der Waals surface area contributed by atoms with Crippen LogP contribution in [0.5, 0.6) is 0 Å². The van der Waals surface area contributed by atoms with E-state index in [1.54, 1.807) is 6.08 Å². The molecule has 0 atom stereocenters. The molecule has 0 unspecified atom stereocenters. The Morgan fingerprint density at radius 3 is 2.50 bits per heavy atom. The van der Waals surface area contributed by atoms with Gasteiger partial charge in [-0.05, 0) is 29.3 Å². The molecule has 1 fully saturated rings. The van der Waals surface area contributed by atoms with Gasteiger partial charge in [-0.2, -0.15) is 5.10 Å². The van der Waals surface area contributed by atoms with Gasteiger partial charge >= 0.3 is 0 Å². The van der Waals surface area contributed by atoms with E-state index >= 15 is 0 Å². The standard InChI is InChI=1S/C26H26N6/c1-2-5-22(23-6-3-4-7-25(23)27)24-17-30-32-18-20(16-29-26(24)32)19-8-10-21(11-9-19)31-14-12-28-13-15-31/h2-11,16-18,28H,1,12-15,27H2/b22-5+. The number of nitrogens with zero attached hydrogens (tertiary/aromatic N) is 4. The zero-order chi connectivity index (χ0) is 21.9. The van der Waals surface area contributed by atoms with Crippen LogP contribution in [0.3, 0.4) is 0 Å². The molecule has 2 aromatic heterocycles. The number of nitrogens with one attached hydrogen (secondary N) is 1. The highest BCUT2D eigenvalue weighted by atomic mass is 15.2. The fraction of sp³-hybridized carbons (Fsp3) is 0.154. The Labute approximate surface area is 187 Å². The number of nitrogens with two attached hydrogens (primary N) is 1. The SMILES string of the molecule is C=C/C=C(\c1ccccc1N)c1cnn2cc(-c3ccc(N4CCNCC4)cc3)cnc12. The number of anilines is 2. The molecule has 3 heterocycles. The number of piperazine rings is 1. The van der Waals surface area contributed by atoms with Gasteiger partial charge in [0, 0.05) is 66.6 Å². The van der Waals surface area contributed by atoms with Crippen molar-refractivity contribution in [1.82, 2.24) is 19.9 Å². The maximum absolute atomic E-state index is 6.24. The number of aromatic nitrogens is 3. The van der Waals surface area contributed by atoms with Crippen molar-refractivity contribution < 1.29 is 0 Å². The van der Waals surface area contributed by atoms with Gasteiger partial charge in [0.1, 0.15) is 0 Å². The Bertz CT molecular complexity index is 1280. The number of fused-ring (bicyclic) bond motifs is 1. The van der Waals surface area contributed by atoms with Gasteiger partial charge in [-0.15, -0.1) is 0 Å². The smallest absolute Gasteiger partial charge is 0.162 e. The Kier molecular flexibility index (Phi) is 5.44. The third kappa shape index (κ3) is 3.76. The minimum absolute atomic E-state index is 0.709. The summed E-state index contributed by atoms with van der Waals surface area (Å²) in [5, 5.41) is 7.97. The van der Waals surface area contributed by atoms with E-state index in [1.165, 1.54) is 5.69 Å². The van der Waals surface area contributed by atoms with Gasteiger partial charge in [-0.3, -0.25) is 0 Å². The van der Waals surface area contributed by atoms with Crippen LogP contribution in [0.15, 0.2) is 85.9 Å². The van der Waals surface area contributed by atoms with Crippen molar-refractivity contribution in [3.05, 3.63) is 97.0 Å². The van der Waals surface area contributed by atoms with Gasteiger partial charge in [0.15, 0.2) is 5.65 Å². The molecule has 0 aliphatic carbocycles. The van der Waals surface area contributed by atoms with Crippen molar-refractivity contribution in [3.63, 3.8) is 0 Å². The summed E-state index contributed by atoms with van der Waals surface area (Å²) in [4.78, 5) is 7.16. The first-order chi connectivity index (χ1) is 15.7. The molecule has 0 spiro atoms. The summed E-state index contributed by atoms with van der Waals surface area (Å²) in [6.07, 6.45) is 9.47. The zero-order valence-electron chi connectivity index (χ0n) is 17.9. The third-order valence-electron chi connectivity index (χ3n) is 5.86.